The molecule has 48 heavy (non-hydrogen) atoms. The summed E-state index contributed by atoms with van der Waals surface area (Å²) < 4.78 is 0. The maximum Gasteiger partial charge on any atom is 0.220 e. The number of aliphatic hydroxyl groups excluding tert-OH is 2. The Labute approximate surface area is 296 Å². The minimum atomic E-state index is -0.875. The van der Waals surface area contributed by atoms with Gasteiger partial charge in [-0.2, -0.15) is 0 Å². The zero-order valence-electron chi connectivity index (χ0n) is 30.7. The van der Waals surface area contributed by atoms with E-state index in [1.807, 2.05) is 6.08 Å². The lowest BCUT2D eigenvalue weighted by molar-refractivity contribution is -0.123. The summed E-state index contributed by atoms with van der Waals surface area (Å²) in [5.41, 5.74) is 0. The van der Waals surface area contributed by atoms with Gasteiger partial charge in [0, 0.05) is 6.42 Å². The summed E-state index contributed by atoms with van der Waals surface area (Å²) in [6, 6.07) is -0.655. The van der Waals surface area contributed by atoms with Crippen molar-refractivity contribution in [3.05, 3.63) is 109 Å². The van der Waals surface area contributed by atoms with E-state index in [1.54, 1.807) is 6.08 Å². The summed E-state index contributed by atoms with van der Waals surface area (Å²) in [4.78, 5) is 12.3. The number of carbonyl (C=O) groups excluding carboxylic acids is 1. The van der Waals surface area contributed by atoms with E-state index in [4.69, 9.17) is 0 Å². The predicted molar refractivity (Wildman–Crippen MR) is 211 cm³/mol. The van der Waals surface area contributed by atoms with Crippen molar-refractivity contribution in [3.63, 3.8) is 0 Å². The molecule has 0 aliphatic rings. The van der Waals surface area contributed by atoms with Crippen LogP contribution in [0.4, 0.5) is 0 Å². The van der Waals surface area contributed by atoms with Crippen LogP contribution in [-0.4, -0.2) is 34.9 Å². The van der Waals surface area contributed by atoms with E-state index < -0.39 is 12.1 Å². The fourth-order valence-electron chi connectivity index (χ4n) is 4.82. The van der Waals surface area contributed by atoms with Crippen LogP contribution in [0.3, 0.4) is 0 Å². The first-order chi connectivity index (χ1) is 23.7. The number of nitrogens with one attached hydrogen (secondary N) is 1. The second kappa shape index (κ2) is 38.5. The van der Waals surface area contributed by atoms with E-state index in [0.717, 1.165) is 89.9 Å². The third kappa shape index (κ3) is 34.4. The van der Waals surface area contributed by atoms with Gasteiger partial charge in [-0.15, -0.1) is 0 Å². The van der Waals surface area contributed by atoms with Crippen molar-refractivity contribution in [2.24, 2.45) is 0 Å². The molecule has 0 spiro atoms. The topological polar surface area (TPSA) is 69.6 Å². The van der Waals surface area contributed by atoms with Gasteiger partial charge in [0.25, 0.3) is 0 Å². The third-order valence-electron chi connectivity index (χ3n) is 7.74. The summed E-state index contributed by atoms with van der Waals surface area (Å²) in [6.45, 7) is 4.09. The molecule has 0 saturated heterocycles. The van der Waals surface area contributed by atoms with Gasteiger partial charge in [0.2, 0.25) is 5.91 Å². The lowest BCUT2D eigenvalue weighted by Crippen LogP contribution is -2.45. The lowest BCUT2D eigenvalue weighted by atomic mass is 10.1. The Morgan fingerprint density at radius 1 is 0.521 bits per heavy atom. The van der Waals surface area contributed by atoms with Gasteiger partial charge in [0.1, 0.15) is 0 Å². The van der Waals surface area contributed by atoms with Crippen LogP contribution >= 0.6 is 0 Å². The predicted octanol–water partition coefficient (Wildman–Crippen LogP) is 11.7. The molecule has 0 radical (unpaired) electrons. The molecule has 4 nitrogen and oxygen atoms in total. The molecule has 0 fully saturated rings. The normalized spacial score (nSPS) is 14.3. The van der Waals surface area contributed by atoms with Crippen LogP contribution in [0.2, 0.25) is 0 Å². The number of amides is 1. The molecule has 0 heterocycles. The molecule has 4 heteroatoms. The molecule has 3 N–H and O–H groups in total. The number of hydrogen-bond acceptors (Lipinski definition) is 3. The van der Waals surface area contributed by atoms with Crippen LogP contribution in [-0.2, 0) is 4.79 Å². The molecule has 0 aliphatic carbocycles. The van der Waals surface area contributed by atoms with Crippen LogP contribution in [0.25, 0.3) is 0 Å². The third-order valence-corrected chi connectivity index (χ3v) is 7.74. The minimum Gasteiger partial charge on any atom is -0.394 e. The Kier molecular flexibility index (Phi) is 36.1. The second-order valence-corrected chi connectivity index (χ2v) is 12.2. The van der Waals surface area contributed by atoms with Gasteiger partial charge < -0.3 is 15.5 Å². The first-order valence-corrected chi connectivity index (χ1v) is 19.1. The van der Waals surface area contributed by atoms with Gasteiger partial charge in [-0.3, -0.25) is 4.79 Å². The second-order valence-electron chi connectivity index (χ2n) is 12.2. The zero-order valence-corrected chi connectivity index (χ0v) is 30.7. The van der Waals surface area contributed by atoms with E-state index in [-0.39, 0.29) is 12.5 Å². The molecule has 0 bridgehead atoms. The SMILES string of the molecule is CC/C=C\C/C=C\C/C=C\C/C=C\C/C=C\C/C=C\C/C=C\CCCCCCCC(=O)NC(CO)C(O)/C=C/CC/C=C/CCCCC. The average Bonchev–Trinajstić information content (AvgIpc) is 3.09. The van der Waals surface area contributed by atoms with Crippen molar-refractivity contribution in [3.8, 4) is 0 Å². The van der Waals surface area contributed by atoms with E-state index >= 15 is 0 Å². The van der Waals surface area contributed by atoms with E-state index in [2.05, 4.69) is 116 Å². The summed E-state index contributed by atoms with van der Waals surface area (Å²) in [7, 11) is 0. The Hall–Kier alpha value is -2.95. The van der Waals surface area contributed by atoms with Crippen LogP contribution in [0.1, 0.15) is 142 Å². The smallest absolute Gasteiger partial charge is 0.220 e. The number of hydrogen-bond donors (Lipinski definition) is 3. The summed E-state index contributed by atoms with van der Waals surface area (Å²) in [5.74, 6) is -0.103. The van der Waals surface area contributed by atoms with Crippen molar-refractivity contribution in [1.82, 2.24) is 5.32 Å². The van der Waals surface area contributed by atoms with Gasteiger partial charge in [-0.25, -0.2) is 0 Å². The molecule has 2 atom stereocenters. The lowest BCUT2D eigenvalue weighted by Gasteiger charge is -2.19. The minimum absolute atomic E-state index is 0.103. The number of aliphatic hydroxyl groups is 2. The standard InChI is InChI=1S/C44H71NO3/c1-3-5-7-9-11-13-14-15-16-17-18-19-20-21-22-23-24-25-26-27-28-29-30-32-34-36-38-40-44(48)45-42(41-46)43(47)39-37-35-33-31-12-10-8-6-4-2/h5,7,11-13,15-16,18-19,21-22,24-25,27-28,31,37,39,42-43,46-47H,3-4,6,8-10,14,17,20,23,26,29-30,32-36,38,40-41H2,1-2H3,(H,45,48)/b7-5-,13-11-,16-15-,19-18-,22-21-,25-24-,28-27-,31-12+,39-37+. The largest absolute Gasteiger partial charge is 0.394 e. The summed E-state index contributed by atoms with van der Waals surface area (Å²) in [6.07, 6.45) is 59.0. The Balaban J connectivity index is 3.73. The van der Waals surface area contributed by atoms with E-state index in [9.17, 15) is 15.0 Å². The highest BCUT2D eigenvalue weighted by molar-refractivity contribution is 5.76. The van der Waals surface area contributed by atoms with Gasteiger partial charge in [-0.05, 0) is 89.9 Å². The highest BCUT2D eigenvalue weighted by atomic mass is 16.3. The Morgan fingerprint density at radius 3 is 1.46 bits per heavy atom. The van der Waals surface area contributed by atoms with Crippen LogP contribution in [0.5, 0.6) is 0 Å². The van der Waals surface area contributed by atoms with E-state index in [1.165, 1.54) is 32.1 Å². The van der Waals surface area contributed by atoms with Crippen molar-refractivity contribution in [1.29, 1.82) is 0 Å². The monoisotopic (exact) mass is 662 g/mol. The number of allylic oxidation sites excluding steroid dienone is 17. The number of rotatable bonds is 32. The molecule has 0 aromatic rings. The van der Waals surface area contributed by atoms with E-state index in [0.29, 0.717) is 6.42 Å². The van der Waals surface area contributed by atoms with Gasteiger partial charge in [0.15, 0.2) is 0 Å². The molecule has 0 saturated carbocycles. The van der Waals surface area contributed by atoms with Crippen LogP contribution < -0.4 is 5.32 Å². The first kappa shape index (κ1) is 45.0. The fourth-order valence-corrected chi connectivity index (χ4v) is 4.82. The quantitative estimate of drug-likeness (QED) is 0.0496. The van der Waals surface area contributed by atoms with Crippen molar-refractivity contribution < 1.29 is 15.0 Å². The molecule has 270 valence electrons. The Bertz CT molecular complexity index is 979. The maximum atomic E-state index is 12.3. The average molecular weight is 662 g/mol. The van der Waals surface area contributed by atoms with Crippen LogP contribution in [0, 0.1) is 0 Å². The molecule has 0 aromatic heterocycles. The maximum absolute atomic E-state index is 12.3. The number of carbonyl (C=O) groups is 1. The highest BCUT2D eigenvalue weighted by Gasteiger charge is 2.17. The Morgan fingerprint density at radius 2 is 0.938 bits per heavy atom. The summed E-state index contributed by atoms with van der Waals surface area (Å²) in [5, 5.41) is 22.7. The molecule has 0 aliphatic heterocycles. The molecular weight excluding hydrogens is 590 g/mol. The zero-order chi connectivity index (χ0) is 35.0. The van der Waals surface area contributed by atoms with Gasteiger partial charge >= 0.3 is 0 Å². The van der Waals surface area contributed by atoms with Gasteiger partial charge in [-0.1, -0.05) is 155 Å². The molecular formula is C44H71NO3. The fraction of sp³-hybridized carbons (Fsp3) is 0.568. The van der Waals surface area contributed by atoms with Crippen molar-refractivity contribution in [2.45, 2.75) is 154 Å². The van der Waals surface area contributed by atoms with Gasteiger partial charge in [0.05, 0.1) is 18.8 Å². The molecule has 1 amide bonds. The molecule has 2 unspecified atom stereocenters. The van der Waals surface area contributed by atoms with Crippen LogP contribution in [0.15, 0.2) is 109 Å². The molecule has 0 aromatic carbocycles. The number of unbranched alkanes of at least 4 members (excludes halogenated alkanes) is 9. The van der Waals surface area contributed by atoms with Crippen molar-refractivity contribution >= 4 is 5.91 Å². The highest BCUT2D eigenvalue weighted by Crippen LogP contribution is 2.09. The first-order valence-electron chi connectivity index (χ1n) is 19.1. The molecule has 0 rings (SSSR count). The summed E-state index contributed by atoms with van der Waals surface area (Å²) >= 11 is 0. The van der Waals surface area contributed by atoms with Crippen molar-refractivity contribution in [2.75, 3.05) is 6.61 Å².